The Kier molecular flexibility index (Phi) is 3.98. The molecule has 0 aliphatic carbocycles. The van der Waals surface area contributed by atoms with Gasteiger partial charge in [0, 0.05) is 20.6 Å². The third-order valence-electron chi connectivity index (χ3n) is 3.00. The van der Waals surface area contributed by atoms with Crippen LogP contribution in [0.1, 0.15) is 0 Å². The number of hydrogen-bond acceptors (Lipinski definition) is 5. The minimum atomic E-state index is 0.443. The van der Waals surface area contributed by atoms with Crippen molar-refractivity contribution in [1.82, 2.24) is 10.1 Å². The molecule has 0 atom stereocenters. The fourth-order valence-corrected chi connectivity index (χ4v) is 2.72. The quantitative estimate of drug-likeness (QED) is 0.550. The van der Waals surface area contributed by atoms with E-state index in [4.69, 9.17) is 10.3 Å². The van der Waals surface area contributed by atoms with Gasteiger partial charge in [-0.2, -0.15) is 4.98 Å². The van der Waals surface area contributed by atoms with Crippen molar-refractivity contribution >= 4 is 33.4 Å². The van der Waals surface area contributed by atoms with Crippen molar-refractivity contribution in [1.29, 1.82) is 0 Å². The Morgan fingerprint density at radius 3 is 2.62 bits per heavy atom. The number of nitrogens with two attached hydrogens (primary N) is 1. The molecule has 1 heterocycles. The lowest BCUT2D eigenvalue weighted by Gasteiger charge is -2.00. The van der Waals surface area contributed by atoms with E-state index in [2.05, 4.69) is 26.1 Å². The standard InChI is InChI=1S/C15H12BrN3OS/c1-21-11-5-2-9(3-6-11)14-18-15(20-19-14)12-8-10(17)4-7-13(12)16/h2-8H,17H2,1H3. The van der Waals surface area contributed by atoms with Crippen molar-refractivity contribution in [3.05, 3.63) is 46.9 Å². The van der Waals surface area contributed by atoms with Gasteiger partial charge in [0.15, 0.2) is 0 Å². The smallest absolute Gasteiger partial charge is 0.259 e. The number of nitrogens with zero attached hydrogens (tertiary/aromatic N) is 2. The van der Waals surface area contributed by atoms with E-state index in [1.807, 2.05) is 42.7 Å². The van der Waals surface area contributed by atoms with Crippen LogP contribution in [0.3, 0.4) is 0 Å². The molecule has 106 valence electrons. The molecule has 0 saturated carbocycles. The molecule has 0 saturated heterocycles. The van der Waals surface area contributed by atoms with Gasteiger partial charge in [0.2, 0.25) is 5.82 Å². The summed E-state index contributed by atoms with van der Waals surface area (Å²) in [6.07, 6.45) is 2.04. The molecule has 6 heteroatoms. The Hall–Kier alpha value is -1.79. The summed E-state index contributed by atoms with van der Waals surface area (Å²) in [4.78, 5) is 5.63. The molecule has 4 nitrogen and oxygen atoms in total. The highest BCUT2D eigenvalue weighted by atomic mass is 79.9. The molecule has 3 rings (SSSR count). The van der Waals surface area contributed by atoms with Crippen LogP contribution in [0.4, 0.5) is 5.69 Å². The maximum Gasteiger partial charge on any atom is 0.259 e. The number of anilines is 1. The van der Waals surface area contributed by atoms with Gasteiger partial charge >= 0.3 is 0 Å². The zero-order valence-corrected chi connectivity index (χ0v) is 13.6. The van der Waals surface area contributed by atoms with Crippen LogP contribution in [0.15, 0.2) is 56.4 Å². The number of benzene rings is 2. The molecule has 0 radical (unpaired) electrons. The van der Waals surface area contributed by atoms with Crippen LogP contribution < -0.4 is 5.73 Å². The molecular formula is C15H12BrN3OS. The van der Waals surface area contributed by atoms with E-state index in [9.17, 15) is 0 Å². The van der Waals surface area contributed by atoms with Gasteiger partial charge in [-0.3, -0.25) is 0 Å². The van der Waals surface area contributed by atoms with Crippen LogP contribution in [0.25, 0.3) is 22.8 Å². The van der Waals surface area contributed by atoms with Crippen molar-refractivity contribution in [3.8, 4) is 22.8 Å². The second-order valence-corrected chi connectivity index (χ2v) is 6.12. The van der Waals surface area contributed by atoms with E-state index < -0.39 is 0 Å². The highest BCUT2D eigenvalue weighted by molar-refractivity contribution is 9.10. The highest BCUT2D eigenvalue weighted by Gasteiger charge is 2.13. The maximum atomic E-state index is 5.80. The normalized spacial score (nSPS) is 10.8. The first-order valence-electron chi connectivity index (χ1n) is 6.21. The number of rotatable bonds is 3. The van der Waals surface area contributed by atoms with Crippen LogP contribution in [0, 0.1) is 0 Å². The second kappa shape index (κ2) is 5.91. The van der Waals surface area contributed by atoms with Gasteiger partial charge in [-0.15, -0.1) is 11.8 Å². The van der Waals surface area contributed by atoms with Crippen LogP contribution in [0.5, 0.6) is 0 Å². The molecule has 0 aliphatic rings. The first kappa shape index (κ1) is 14.2. The lowest BCUT2D eigenvalue weighted by molar-refractivity contribution is 0.432. The van der Waals surface area contributed by atoms with Crippen molar-refractivity contribution in [2.24, 2.45) is 0 Å². The predicted octanol–water partition coefficient (Wildman–Crippen LogP) is 4.47. The van der Waals surface area contributed by atoms with Crippen molar-refractivity contribution in [2.75, 3.05) is 12.0 Å². The van der Waals surface area contributed by atoms with Gasteiger partial charge in [-0.1, -0.05) is 5.16 Å². The zero-order chi connectivity index (χ0) is 14.8. The van der Waals surface area contributed by atoms with Crippen LogP contribution >= 0.6 is 27.7 Å². The fraction of sp³-hybridized carbons (Fsp3) is 0.0667. The molecule has 21 heavy (non-hydrogen) atoms. The van der Waals surface area contributed by atoms with Crippen molar-refractivity contribution in [2.45, 2.75) is 4.90 Å². The molecule has 2 N–H and O–H groups in total. The van der Waals surface area contributed by atoms with Crippen molar-refractivity contribution in [3.63, 3.8) is 0 Å². The summed E-state index contributed by atoms with van der Waals surface area (Å²) in [7, 11) is 0. The van der Waals surface area contributed by atoms with Gasteiger partial charge in [0.25, 0.3) is 5.89 Å². The number of aromatic nitrogens is 2. The molecule has 0 amide bonds. The topological polar surface area (TPSA) is 64.9 Å². The van der Waals surface area contributed by atoms with Crippen LogP contribution in [0.2, 0.25) is 0 Å². The van der Waals surface area contributed by atoms with Gasteiger partial charge in [-0.25, -0.2) is 0 Å². The van der Waals surface area contributed by atoms with Gasteiger partial charge < -0.3 is 10.3 Å². The highest BCUT2D eigenvalue weighted by Crippen LogP contribution is 2.30. The molecule has 0 fully saturated rings. The van der Waals surface area contributed by atoms with Crippen molar-refractivity contribution < 1.29 is 4.52 Å². The minimum Gasteiger partial charge on any atom is -0.399 e. The van der Waals surface area contributed by atoms with Gasteiger partial charge in [0.1, 0.15) is 0 Å². The molecule has 3 aromatic rings. The molecule has 0 bridgehead atoms. The summed E-state index contributed by atoms with van der Waals surface area (Å²) in [6.45, 7) is 0. The second-order valence-electron chi connectivity index (χ2n) is 4.39. The van der Waals surface area contributed by atoms with E-state index >= 15 is 0 Å². The lowest BCUT2D eigenvalue weighted by Crippen LogP contribution is -1.87. The predicted molar refractivity (Wildman–Crippen MR) is 89.1 cm³/mol. The molecule has 1 aromatic heterocycles. The Labute approximate surface area is 134 Å². The molecule has 0 unspecified atom stereocenters. The minimum absolute atomic E-state index is 0.443. The largest absolute Gasteiger partial charge is 0.399 e. The third-order valence-corrected chi connectivity index (χ3v) is 4.43. The van der Waals surface area contributed by atoms with E-state index in [1.165, 1.54) is 4.90 Å². The summed E-state index contributed by atoms with van der Waals surface area (Å²) in [6, 6.07) is 13.5. The number of hydrogen-bond donors (Lipinski definition) is 1. The molecular weight excluding hydrogens is 350 g/mol. The van der Waals surface area contributed by atoms with E-state index in [-0.39, 0.29) is 0 Å². The maximum absolute atomic E-state index is 5.80. The zero-order valence-electron chi connectivity index (χ0n) is 11.2. The Balaban J connectivity index is 1.97. The fourth-order valence-electron chi connectivity index (χ4n) is 1.90. The first-order chi connectivity index (χ1) is 10.2. The number of halogens is 1. The SMILES string of the molecule is CSc1ccc(-c2noc(-c3cc(N)ccc3Br)n2)cc1. The summed E-state index contributed by atoms with van der Waals surface area (Å²) in [5, 5.41) is 4.03. The Morgan fingerprint density at radius 1 is 1.14 bits per heavy atom. The molecule has 0 aliphatic heterocycles. The lowest BCUT2D eigenvalue weighted by atomic mass is 10.2. The summed E-state index contributed by atoms with van der Waals surface area (Å²) >= 11 is 5.16. The van der Waals surface area contributed by atoms with E-state index in [0.717, 1.165) is 15.6 Å². The summed E-state index contributed by atoms with van der Waals surface area (Å²) in [5.74, 6) is 1.00. The van der Waals surface area contributed by atoms with E-state index in [0.29, 0.717) is 17.4 Å². The van der Waals surface area contributed by atoms with Gasteiger partial charge in [-0.05, 0) is 64.7 Å². The average Bonchev–Trinajstić information content (AvgIpc) is 2.99. The van der Waals surface area contributed by atoms with Crippen LogP contribution in [-0.4, -0.2) is 16.4 Å². The molecule has 0 spiro atoms. The summed E-state index contributed by atoms with van der Waals surface area (Å²) in [5.41, 5.74) is 8.16. The Bertz CT molecular complexity index is 771. The average molecular weight is 362 g/mol. The third kappa shape index (κ3) is 2.96. The monoisotopic (exact) mass is 361 g/mol. The number of thioether (sulfide) groups is 1. The first-order valence-corrected chi connectivity index (χ1v) is 8.22. The van der Waals surface area contributed by atoms with Gasteiger partial charge in [0.05, 0.1) is 5.56 Å². The van der Waals surface area contributed by atoms with Crippen LogP contribution in [-0.2, 0) is 0 Å². The Morgan fingerprint density at radius 2 is 1.90 bits per heavy atom. The number of nitrogen functional groups attached to an aromatic ring is 1. The molecule has 2 aromatic carbocycles. The summed E-state index contributed by atoms with van der Waals surface area (Å²) < 4.78 is 6.21. The van der Waals surface area contributed by atoms with E-state index in [1.54, 1.807) is 17.8 Å².